The molecule has 1 fully saturated rings. The molecule has 0 aliphatic heterocycles. The lowest BCUT2D eigenvalue weighted by Crippen LogP contribution is -2.40. The SMILES string of the molecule is CC1=CC=CC(Nc2ccc(OC(F)(F)F)cc2)C1[C@@H]1C[C@@H](C)CC(C)(C)C1. The van der Waals surface area contributed by atoms with Gasteiger partial charge in [0.1, 0.15) is 5.75 Å². The van der Waals surface area contributed by atoms with E-state index in [-0.39, 0.29) is 11.8 Å². The summed E-state index contributed by atoms with van der Waals surface area (Å²) < 4.78 is 41.0. The maximum absolute atomic E-state index is 12.4. The molecule has 1 aromatic rings. The molecule has 0 amide bonds. The van der Waals surface area contributed by atoms with Crippen molar-refractivity contribution in [3.63, 3.8) is 0 Å². The Morgan fingerprint density at radius 2 is 1.79 bits per heavy atom. The molecule has 2 aliphatic carbocycles. The average Bonchev–Trinajstić information content (AvgIpc) is 2.53. The normalized spacial score (nSPS) is 29.9. The summed E-state index contributed by atoms with van der Waals surface area (Å²) in [5.41, 5.74) is 2.50. The zero-order valence-electron chi connectivity index (χ0n) is 17.0. The number of nitrogens with one attached hydrogen (secondary N) is 1. The van der Waals surface area contributed by atoms with Crippen LogP contribution >= 0.6 is 0 Å². The van der Waals surface area contributed by atoms with E-state index < -0.39 is 6.36 Å². The fourth-order valence-corrected chi connectivity index (χ4v) is 5.28. The van der Waals surface area contributed by atoms with Gasteiger partial charge in [-0.3, -0.25) is 0 Å². The molecular weight excluding hydrogens is 363 g/mol. The second-order valence-electron chi connectivity index (χ2n) is 9.24. The third-order valence-electron chi connectivity index (χ3n) is 5.94. The van der Waals surface area contributed by atoms with Crippen LogP contribution in [0.2, 0.25) is 0 Å². The van der Waals surface area contributed by atoms with Crippen LogP contribution in [0.1, 0.15) is 47.0 Å². The fourth-order valence-electron chi connectivity index (χ4n) is 5.28. The van der Waals surface area contributed by atoms with Crippen LogP contribution in [0.5, 0.6) is 5.75 Å². The Kier molecular flexibility index (Phi) is 5.83. The van der Waals surface area contributed by atoms with Crippen LogP contribution in [0, 0.1) is 23.2 Å². The largest absolute Gasteiger partial charge is 0.573 e. The van der Waals surface area contributed by atoms with Crippen molar-refractivity contribution < 1.29 is 17.9 Å². The first-order valence-corrected chi connectivity index (χ1v) is 10.00. The topological polar surface area (TPSA) is 21.3 Å². The van der Waals surface area contributed by atoms with Gasteiger partial charge in [0.05, 0.1) is 6.04 Å². The van der Waals surface area contributed by atoms with Gasteiger partial charge < -0.3 is 10.1 Å². The van der Waals surface area contributed by atoms with Gasteiger partial charge in [-0.2, -0.15) is 0 Å². The Balaban J connectivity index is 1.74. The van der Waals surface area contributed by atoms with Crippen LogP contribution in [0.25, 0.3) is 0 Å². The van der Waals surface area contributed by atoms with Crippen molar-refractivity contribution >= 4 is 5.69 Å². The van der Waals surface area contributed by atoms with Crippen molar-refractivity contribution in [2.45, 2.75) is 59.4 Å². The van der Waals surface area contributed by atoms with Crippen molar-refractivity contribution in [1.82, 2.24) is 0 Å². The highest BCUT2D eigenvalue weighted by Crippen LogP contribution is 2.47. The number of anilines is 1. The Bertz CT molecular complexity index is 733. The van der Waals surface area contributed by atoms with E-state index in [1.165, 1.54) is 37.0 Å². The van der Waals surface area contributed by atoms with Crippen molar-refractivity contribution in [2.75, 3.05) is 5.32 Å². The minimum Gasteiger partial charge on any atom is -0.406 e. The summed E-state index contributed by atoms with van der Waals surface area (Å²) in [5.74, 6) is 1.48. The molecular formula is C23H30F3NO. The standard InChI is InChI=1S/C23H30F3NO/c1-15-12-17(14-22(3,4)13-15)21-16(2)6-5-7-20(21)27-18-8-10-19(11-9-18)28-23(24,25)26/h5-11,15,17,20-21,27H,12-14H2,1-4H3/t15-,17-,20?,21?/m1/s1. The molecule has 3 rings (SSSR count). The lowest BCUT2D eigenvalue weighted by Gasteiger charge is -2.45. The van der Waals surface area contributed by atoms with Crippen LogP contribution in [0.3, 0.4) is 0 Å². The third kappa shape index (κ3) is 5.33. The Hall–Kier alpha value is -1.91. The molecule has 1 N–H and O–H groups in total. The maximum Gasteiger partial charge on any atom is 0.573 e. The molecule has 2 nitrogen and oxygen atoms in total. The second kappa shape index (κ2) is 7.84. The summed E-state index contributed by atoms with van der Waals surface area (Å²) in [5, 5.41) is 3.53. The number of hydrogen-bond donors (Lipinski definition) is 1. The lowest BCUT2D eigenvalue weighted by atomic mass is 9.62. The number of halogens is 3. The van der Waals surface area contributed by atoms with Crippen molar-refractivity contribution in [3.8, 4) is 5.75 Å². The molecule has 0 spiro atoms. The first-order valence-electron chi connectivity index (χ1n) is 10.00. The smallest absolute Gasteiger partial charge is 0.406 e. The zero-order valence-corrected chi connectivity index (χ0v) is 17.0. The summed E-state index contributed by atoms with van der Waals surface area (Å²) >= 11 is 0. The predicted molar refractivity (Wildman–Crippen MR) is 107 cm³/mol. The molecule has 154 valence electrons. The highest BCUT2D eigenvalue weighted by Gasteiger charge is 2.39. The zero-order chi connectivity index (χ0) is 20.5. The predicted octanol–water partition coefficient (Wildman–Crippen LogP) is 6.96. The number of alkyl halides is 3. The lowest BCUT2D eigenvalue weighted by molar-refractivity contribution is -0.274. The number of rotatable bonds is 4. The summed E-state index contributed by atoms with van der Waals surface area (Å²) in [4.78, 5) is 0. The molecule has 0 heterocycles. The molecule has 28 heavy (non-hydrogen) atoms. The minimum absolute atomic E-state index is 0.130. The number of allylic oxidation sites excluding steroid dienone is 2. The van der Waals surface area contributed by atoms with Gasteiger partial charge in [-0.25, -0.2) is 0 Å². The van der Waals surface area contributed by atoms with E-state index >= 15 is 0 Å². The number of ether oxygens (including phenoxy) is 1. The van der Waals surface area contributed by atoms with Gasteiger partial charge >= 0.3 is 6.36 Å². The van der Waals surface area contributed by atoms with Gasteiger partial charge in [-0.1, -0.05) is 44.6 Å². The van der Waals surface area contributed by atoms with Gasteiger partial charge in [0.2, 0.25) is 0 Å². The number of hydrogen-bond acceptors (Lipinski definition) is 2. The van der Waals surface area contributed by atoms with Gasteiger partial charge in [-0.05, 0) is 67.7 Å². The third-order valence-corrected chi connectivity index (χ3v) is 5.94. The molecule has 1 aromatic carbocycles. The Morgan fingerprint density at radius 3 is 2.39 bits per heavy atom. The maximum atomic E-state index is 12.4. The van der Waals surface area contributed by atoms with Gasteiger partial charge in [0.25, 0.3) is 0 Å². The molecule has 0 saturated heterocycles. The van der Waals surface area contributed by atoms with E-state index in [1.54, 1.807) is 12.1 Å². The average molecular weight is 393 g/mol. The number of benzene rings is 1. The fraction of sp³-hybridized carbons (Fsp3) is 0.565. The first-order chi connectivity index (χ1) is 13.0. The van der Waals surface area contributed by atoms with Crippen LogP contribution in [0.15, 0.2) is 48.1 Å². The molecule has 0 aromatic heterocycles. The monoisotopic (exact) mass is 393 g/mol. The molecule has 1 saturated carbocycles. The first kappa shape index (κ1) is 20.8. The summed E-state index contributed by atoms with van der Waals surface area (Å²) in [6.45, 7) is 9.24. The summed E-state index contributed by atoms with van der Waals surface area (Å²) in [6.07, 6.45) is 5.43. The highest BCUT2D eigenvalue weighted by atomic mass is 19.4. The molecule has 5 heteroatoms. The van der Waals surface area contributed by atoms with E-state index in [9.17, 15) is 13.2 Å². The van der Waals surface area contributed by atoms with E-state index in [1.807, 2.05) is 0 Å². The van der Waals surface area contributed by atoms with E-state index in [0.29, 0.717) is 23.2 Å². The summed E-state index contributed by atoms with van der Waals surface area (Å²) in [6, 6.07) is 6.13. The molecule has 0 radical (unpaired) electrons. The van der Waals surface area contributed by atoms with Crippen LogP contribution in [-0.2, 0) is 0 Å². The molecule has 2 unspecified atom stereocenters. The van der Waals surface area contributed by atoms with E-state index in [0.717, 1.165) is 5.69 Å². The Labute approximate surface area is 165 Å². The molecule has 0 bridgehead atoms. The van der Waals surface area contributed by atoms with E-state index in [2.05, 4.69) is 56.0 Å². The summed E-state index contributed by atoms with van der Waals surface area (Å²) in [7, 11) is 0. The van der Waals surface area contributed by atoms with Crippen molar-refractivity contribution in [3.05, 3.63) is 48.1 Å². The van der Waals surface area contributed by atoms with Crippen LogP contribution in [0.4, 0.5) is 18.9 Å². The van der Waals surface area contributed by atoms with Crippen molar-refractivity contribution in [1.29, 1.82) is 0 Å². The Morgan fingerprint density at radius 1 is 1.11 bits per heavy atom. The minimum atomic E-state index is -4.67. The van der Waals surface area contributed by atoms with Crippen LogP contribution < -0.4 is 10.1 Å². The van der Waals surface area contributed by atoms with Gasteiger partial charge in [0.15, 0.2) is 0 Å². The van der Waals surface area contributed by atoms with E-state index in [4.69, 9.17) is 0 Å². The van der Waals surface area contributed by atoms with Gasteiger partial charge in [-0.15, -0.1) is 13.2 Å². The van der Waals surface area contributed by atoms with Crippen LogP contribution in [-0.4, -0.2) is 12.4 Å². The highest BCUT2D eigenvalue weighted by molar-refractivity contribution is 5.49. The molecule has 2 aliphatic rings. The quantitative estimate of drug-likeness (QED) is 0.597. The van der Waals surface area contributed by atoms with Crippen molar-refractivity contribution in [2.24, 2.45) is 23.2 Å². The molecule has 4 atom stereocenters. The second-order valence-corrected chi connectivity index (χ2v) is 9.24. The van der Waals surface area contributed by atoms with Gasteiger partial charge in [0, 0.05) is 11.6 Å².